The molecule has 0 radical (unpaired) electrons. The first-order valence-corrected chi connectivity index (χ1v) is 17.7. The molecule has 49 heavy (non-hydrogen) atoms. The van der Waals surface area contributed by atoms with Gasteiger partial charge in [-0.25, -0.2) is 0 Å². The van der Waals surface area contributed by atoms with E-state index in [1.807, 2.05) is 53.0 Å². The summed E-state index contributed by atoms with van der Waals surface area (Å²) < 4.78 is 7.29. The van der Waals surface area contributed by atoms with E-state index in [4.69, 9.17) is 0 Å². The van der Waals surface area contributed by atoms with Crippen molar-refractivity contribution in [2.24, 2.45) is 0 Å². The van der Waals surface area contributed by atoms with Crippen molar-refractivity contribution < 1.29 is 0 Å². The Labute approximate surface area is 289 Å². The van der Waals surface area contributed by atoms with Crippen LogP contribution in [0.2, 0.25) is 0 Å². The van der Waals surface area contributed by atoms with Crippen LogP contribution in [0.3, 0.4) is 0 Å². The van der Waals surface area contributed by atoms with E-state index in [1.54, 1.807) is 0 Å². The highest BCUT2D eigenvalue weighted by Crippen LogP contribution is 2.45. The maximum absolute atomic E-state index is 10.4. The Balaban J connectivity index is 1.20. The van der Waals surface area contributed by atoms with Crippen molar-refractivity contribution in [3.05, 3.63) is 151 Å². The predicted octanol–water partition coefficient (Wildman–Crippen LogP) is 12.6. The molecule has 0 amide bonds. The Morgan fingerprint density at radius 2 is 1.02 bits per heavy atom. The molecule has 0 N–H and O–H groups in total. The van der Waals surface area contributed by atoms with Gasteiger partial charge in [-0.15, -0.1) is 22.7 Å². The molecule has 10 rings (SSSR count). The molecule has 0 spiro atoms. The number of para-hydroxylation sites is 3. The van der Waals surface area contributed by atoms with Crippen LogP contribution in [0.15, 0.2) is 140 Å². The fraction of sp³-hybridized carbons (Fsp3) is 0. The first-order chi connectivity index (χ1) is 24.2. The zero-order valence-corrected chi connectivity index (χ0v) is 27.6. The van der Waals surface area contributed by atoms with Gasteiger partial charge in [0.25, 0.3) is 0 Å². The van der Waals surface area contributed by atoms with E-state index in [-0.39, 0.29) is 0 Å². The fourth-order valence-electron chi connectivity index (χ4n) is 7.43. The maximum Gasteiger partial charge on any atom is 0.101 e. The lowest BCUT2D eigenvalue weighted by Gasteiger charge is -2.16. The van der Waals surface area contributed by atoms with Crippen LogP contribution in [0.1, 0.15) is 11.1 Å². The van der Waals surface area contributed by atoms with Crippen LogP contribution in [-0.4, -0.2) is 4.57 Å². The molecule has 5 heteroatoms. The van der Waals surface area contributed by atoms with E-state index in [1.165, 1.54) is 51.1 Å². The average molecular weight is 658 g/mol. The van der Waals surface area contributed by atoms with Gasteiger partial charge in [0, 0.05) is 56.7 Å². The van der Waals surface area contributed by atoms with Gasteiger partial charge in [0.2, 0.25) is 0 Å². The molecule has 3 nitrogen and oxygen atoms in total. The highest BCUT2D eigenvalue weighted by Gasteiger charge is 2.20. The second-order valence-corrected chi connectivity index (χ2v) is 14.5. The Hall–Kier alpha value is -6.24. The number of hydrogen-bond donors (Lipinski definition) is 0. The lowest BCUT2D eigenvalue weighted by Crippen LogP contribution is -2.00. The van der Waals surface area contributed by atoms with Crippen molar-refractivity contribution in [1.82, 2.24) is 4.57 Å². The van der Waals surface area contributed by atoms with Crippen LogP contribution in [0.4, 0.5) is 0 Å². The number of nitriles is 2. The van der Waals surface area contributed by atoms with Crippen molar-refractivity contribution in [2.45, 2.75) is 0 Å². The minimum absolute atomic E-state index is 0.641. The number of benzene rings is 7. The largest absolute Gasteiger partial charge is 0.307 e. The maximum atomic E-state index is 10.4. The number of aromatic nitrogens is 1. The van der Waals surface area contributed by atoms with Crippen LogP contribution >= 0.6 is 22.7 Å². The molecular weight excluding hydrogens is 635 g/mol. The summed E-state index contributed by atoms with van der Waals surface area (Å²) in [5, 5.41) is 27.1. The molecule has 3 heterocycles. The fourth-order valence-corrected chi connectivity index (χ4v) is 9.72. The standard InChI is InChI=1S/C44H23N3S2/c45-24-26-7-5-8-27(19-26)28-15-17-40-34(20-28)36-22-37-35-21-29(16-18-41(35)49-43(37)23-42(36)48-40)31-12-6-9-30(25-46)44(31)47-38-13-3-1-10-32(38)33-11-2-4-14-39(33)47/h1-23H. The van der Waals surface area contributed by atoms with Crippen LogP contribution in [-0.2, 0) is 0 Å². The van der Waals surface area contributed by atoms with Gasteiger partial charge in [0.1, 0.15) is 6.07 Å². The number of rotatable bonds is 3. The Morgan fingerprint density at radius 3 is 1.69 bits per heavy atom. The molecule has 7 aromatic carbocycles. The second-order valence-electron chi connectivity index (χ2n) is 12.3. The van der Waals surface area contributed by atoms with E-state index in [2.05, 4.69) is 126 Å². The van der Waals surface area contributed by atoms with E-state index < -0.39 is 0 Å². The van der Waals surface area contributed by atoms with Crippen LogP contribution in [0.25, 0.3) is 90.1 Å². The van der Waals surface area contributed by atoms with Gasteiger partial charge in [-0.05, 0) is 83.4 Å². The van der Waals surface area contributed by atoms with Gasteiger partial charge in [0.05, 0.1) is 33.9 Å². The van der Waals surface area contributed by atoms with Crippen LogP contribution < -0.4 is 0 Å². The van der Waals surface area contributed by atoms with Crippen LogP contribution in [0.5, 0.6) is 0 Å². The zero-order valence-electron chi connectivity index (χ0n) is 25.9. The first-order valence-electron chi connectivity index (χ1n) is 16.0. The summed E-state index contributed by atoms with van der Waals surface area (Å²) in [5.41, 5.74) is 8.64. The third kappa shape index (κ3) is 4.17. The van der Waals surface area contributed by atoms with Crippen molar-refractivity contribution in [2.75, 3.05) is 0 Å². The Kier molecular flexibility index (Phi) is 6.04. The van der Waals surface area contributed by atoms with Gasteiger partial charge >= 0.3 is 0 Å². The van der Waals surface area contributed by atoms with Gasteiger partial charge in [-0.2, -0.15) is 10.5 Å². The van der Waals surface area contributed by atoms with Gasteiger partial charge < -0.3 is 4.57 Å². The molecule has 0 bridgehead atoms. The van der Waals surface area contributed by atoms with Crippen LogP contribution in [0, 0.1) is 22.7 Å². The van der Waals surface area contributed by atoms with Crippen molar-refractivity contribution in [3.8, 4) is 40.1 Å². The normalized spacial score (nSPS) is 11.6. The summed E-state index contributed by atoms with van der Waals surface area (Å²) in [4.78, 5) is 0. The number of fused-ring (bicyclic) bond motifs is 9. The summed E-state index contributed by atoms with van der Waals surface area (Å²) in [6, 6.07) is 53.6. The van der Waals surface area contributed by atoms with E-state index in [0.29, 0.717) is 11.1 Å². The van der Waals surface area contributed by atoms with E-state index in [0.717, 1.165) is 39.0 Å². The summed E-state index contributed by atoms with van der Waals surface area (Å²) in [7, 11) is 0. The molecule has 0 aliphatic carbocycles. The minimum atomic E-state index is 0.641. The topological polar surface area (TPSA) is 52.5 Å². The molecule has 226 valence electrons. The lowest BCUT2D eigenvalue weighted by molar-refractivity contribution is 1.17. The molecule has 0 saturated heterocycles. The smallest absolute Gasteiger partial charge is 0.101 e. The van der Waals surface area contributed by atoms with Gasteiger partial charge in [-0.3, -0.25) is 0 Å². The molecule has 0 fully saturated rings. The SMILES string of the molecule is N#Cc1cccc(-c2ccc3sc4cc5sc6ccc(-c7cccc(C#N)c7-n7c8ccccc8c8ccccc87)cc6c5cc4c3c2)c1. The zero-order chi connectivity index (χ0) is 32.6. The summed E-state index contributed by atoms with van der Waals surface area (Å²) in [6.07, 6.45) is 0. The predicted molar refractivity (Wildman–Crippen MR) is 207 cm³/mol. The molecule has 3 aromatic heterocycles. The van der Waals surface area contributed by atoms with E-state index >= 15 is 0 Å². The van der Waals surface area contributed by atoms with E-state index in [9.17, 15) is 10.5 Å². The summed E-state index contributed by atoms with van der Waals surface area (Å²) in [6.45, 7) is 0. The second kappa shape index (κ2) is 10.6. The molecule has 0 saturated carbocycles. The van der Waals surface area contributed by atoms with Crippen molar-refractivity contribution in [3.63, 3.8) is 0 Å². The lowest BCUT2D eigenvalue weighted by atomic mass is 9.97. The van der Waals surface area contributed by atoms with Gasteiger partial charge in [0.15, 0.2) is 0 Å². The first kappa shape index (κ1) is 27.8. The molecule has 0 unspecified atom stereocenters. The molecule has 10 aromatic rings. The van der Waals surface area contributed by atoms with Crippen molar-refractivity contribution >= 4 is 84.8 Å². The number of hydrogen-bond acceptors (Lipinski definition) is 4. The molecular formula is C44H23N3S2. The average Bonchev–Trinajstić information content (AvgIpc) is 3.81. The highest BCUT2D eigenvalue weighted by atomic mass is 32.1. The molecule has 0 atom stereocenters. The Bertz CT molecular complexity index is 3030. The monoisotopic (exact) mass is 657 g/mol. The third-order valence-corrected chi connectivity index (χ3v) is 11.9. The third-order valence-electron chi connectivity index (χ3n) is 9.66. The molecule has 0 aliphatic rings. The summed E-state index contributed by atoms with van der Waals surface area (Å²) in [5.74, 6) is 0. The molecule has 0 aliphatic heterocycles. The van der Waals surface area contributed by atoms with Crippen molar-refractivity contribution in [1.29, 1.82) is 10.5 Å². The number of thiophene rings is 2. The highest BCUT2D eigenvalue weighted by molar-refractivity contribution is 7.28. The quantitative estimate of drug-likeness (QED) is 0.190. The van der Waals surface area contributed by atoms with Gasteiger partial charge in [-0.1, -0.05) is 72.8 Å². The number of nitrogens with zero attached hydrogens (tertiary/aromatic N) is 3. The Morgan fingerprint density at radius 1 is 0.429 bits per heavy atom. The summed E-state index contributed by atoms with van der Waals surface area (Å²) >= 11 is 3.65. The minimum Gasteiger partial charge on any atom is -0.307 e.